The number of nitrogens with one attached hydrogen (secondary N) is 3. The summed E-state index contributed by atoms with van der Waals surface area (Å²) in [5.41, 5.74) is 7.09. The number of amides is 2. The number of rotatable bonds is 7. The molecule has 0 radical (unpaired) electrons. The van der Waals surface area contributed by atoms with E-state index in [-0.39, 0.29) is 57.4 Å². The molecule has 0 aliphatic carbocycles. The van der Waals surface area contributed by atoms with E-state index in [1.165, 1.54) is 30.3 Å². The Bertz CT molecular complexity index is 1920. The van der Waals surface area contributed by atoms with Crippen LogP contribution < -0.4 is 21.1 Å². The van der Waals surface area contributed by atoms with E-state index in [9.17, 15) is 35.9 Å². The lowest BCUT2D eigenvalue weighted by Crippen LogP contribution is -2.23. The fraction of sp³-hybridized carbons (Fsp3) is 0.138. The van der Waals surface area contributed by atoms with Crippen molar-refractivity contribution < 1.29 is 64.9 Å². The van der Waals surface area contributed by atoms with Crippen molar-refractivity contribution in [3.63, 3.8) is 0 Å². The van der Waals surface area contributed by atoms with Crippen LogP contribution in [-0.2, 0) is 20.9 Å². The zero-order valence-electron chi connectivity index (χ0n) is 24.5. The molecular weight excluding hydrogens is 734 g/mol. The van der Waals surface area contributed by atoms with Gasteiger partial charge >= 0.3 is 24.3 Å². The number of carboxylic acid groups (broad SMARTS) is 2. The Balaban J connectivity index is 0.000000521. The summed E-state index contributed by atoms with van der Waals surface area (Å²) in [6.45, 7) is -0.297. The van der Waals surface area contributed by atoms with Gasteiger partial charge in [0.15, 0.2) is 11.6 Å². The summed E-state index contributed by atoms with van der Waals surface area (Å²) < 4.78 is 84.2. The summed E-state index contributed by atoms with van der Waals surface area (Å²) in [5, 5.41) is 29.6. The standard InChI is InChI=1S/C25H18Cl2FN5O3.2C2HF3O2/c26-16-5-13(10-29)6-18(8-16)36-24-19(27)4-2-15(23(24)28)12-31-25(35)21-7-14-1-3-17(9-20(14)33-21)32-22(34)11-30;2*3-2(4,5)1(6)7/h1-9,33H,11-12,30H2,(H,31,35)(H,32,34);2*(H,6,7). The first-order valence-corrected chi connectivity index (χ1v) is 13.8. The number of aromatic nitrogens is 1. The number of nitrogens with two attached hydrogens (primary N) is 1. The number of aliphatic carboxylic acids is 2. The molecule has 0 unspecified atom stereocenters. The predicted molar refractivity (Wildman–Crippen MR) is 162 cm³/mol. The molecule has 3 aromatic carbocycles. The van der Waals surface area contributed by atoms with Crippen LogP contribution in [-0.4, -0.2) is 57.8 Å². The first-order chi connectivity index (χ1) is 23.2. The zero-order chi connectivity index (χ0) is 38.0. The van der Waals surface area contributed by atoms with Crippen molar-refractivity contribution in [2.24, 2.45) is 5.73 Å². The van der Waals surface area contributed by atoms with Crippen LogP contribution in [0.5, 0.6) is 11.5 Å². The minimum Gasteiger partial charge on any atom is -0.475 e. The molecule has 0 saturated carbocycles. The number of aromatic amines is 1. The maximum atomic E-state index is 15.2. The van der Waals surface area contributed by atoms with E-state index in [2.05, 4.69) is 15.6 Å². The fourth-order valence-electron chi connectivity index (χ4n) is 3.42. The van der Waals surface area contributed by atoms with Crippen molar-refractivity contribution >= 4 is 63.5 Å². The van der Waals surface area contributed by atoms with Crippen molar-refractivity contribution in [3.05, 3.63) is 87.3 Å². The quantitative estimate of drug-likeness (QED) is 0.116. The average molecular weight is 754 g/mol. The highest BCUT2D eigenvalue weighted by atomic mass is 35.5. The van der Waals surface area contributed by atoms with Crippen molar-refractivity contribution in [1.29, 1.82) is 5.26 Å². The molecule has 0 bridgehead atoms. The number of nitriles is 1. The number of hydrogen-bond acceptors (Lipinski definition) is 7. The smallest absolute Gasteiger partial charge is 0.475 e. The van der Waals surface area contributed by atoms with Crippen LogP contribution in [0.2, 0.25) is 10.0 Å². The molecular formula is C29H20Cl2F7N5O7. The fourth-order valence-corrected chi connectivity index (χ4v) is 3.83. The first-order valence-electron chi connectivity index (χ1n) is 13.0. The van der Waals surface area contributed by atoms with Crippen LogP contribution in [0.25, 0.3) is 10.9 Å². The normalized spacial score (nSPS) is 10.8. The highest BCUT2D eigenvalue weighted by Gasteiger charge is 2.38. The number of hydrogen-bond donors (Lipinski definition) is 6. The van der Waals surface area contributed by atoms with Gasteiger partial charge in [0.1, 0.15) is 11.4 Å². The number of benzene rings is 3. The molecule has 0 fully saturated rings. The van der Waals surface area contributed by atoms with E-state index >= 15 is 4.39 Å². The maximum Gasteiger partial charge on any atom is 0.490 e. The van der Waals surface area contributed by atoms with Gasteiger partial charge in [0.05, 0.1) is 23.2 Å². The minimum absolute atomic E-state index is 0.00853. The van der Waals surface area contributed by atoms with Gasteiger partial charge in [-0.1, -0.05) is 35.3 Å². The first kappa shape index (κ1) is 40.6. The summed E-state index contributed by atoms with van der Waals surface area (Å²) in [7, 11) is 0. The molecule has 0 atom stereocenters. The molecule has 2 amide bonds. The van der Waals surface area contributed by atoms with Gasteiger partial charge in [0, 0.05) is 33.7 Å². The highest BCUT2D eigenvalue weighted by molar-refractivity contribution is 6.32. The highest BCUT2D eigenvalue weighted by Crippen LogP contribution is 2.35. The molecule has 50 heavy (non-hydrogen) atoms. The van der Waals surface area contributed by atoms with E-state index in [1.807, 2.05) is 6.07 Å². The molecule has 12 nitrogen and oxygen atoms in total. The van der Waals surface area contributed by atoms with Crippen molar-refractivity contribution in [3.8, 4) is 17.6 Å². The van der Waals surface area contributed by atoms with Crippen molar-refractivity contribution in [2.45, 2.75) is 18.9 Å². The van der Waals surface area contributed by atoms with E-state index in [0.717, 1.165) is 5.39 Å². The summed E-state index contributed by atoms with van der Waals surface area (Å²) in [4.78, 5) is 45.0. The topological polar surface area (TPSA) is 208 Å². The lowest BCUT2D eigenvalue weighted by Gasteiger charge is -2.13. The van der Waals surface area contributed by atoms with E-state index < -0.39 is 36.0 Å². The van der Waals surface area contributed by atoms with Gasteiger partial charge in [-0.2, -0.15) is 31.6 Å². The Kier molecular flexibility index (Phi) is 14.0. The molecule has 266 valence electrons. The monoisotopic (exact) mass is 753 g/mol. The molecule has 0 saturated heterocycles. The molecule has 21 heteroatoms. The summed E-state index contributed by atoms with van der Waals surface area (Å²) in [6.07, 6.45) is -10.2. The molecule has 0 aliphatic heterocycles. The summed E-state index contributed by atoms with van der Waals surface area (Å²) in [5.74, 6) is -7.20. The predicted octanol–water partition coefficient (Wildman–Crippen LogP) is 6.37. The average Bonchev–Trinajstić information content (AvgIpc) is 3.45. The van der Waals surface area contributed by atoms with Gasteiger partial charge in [0.25, 0.3) is 5.91 Å². The van der Waals surface area contributed by atoms with E-state index in [4.69, 9.17) is 58.7 Å². The number of ether oxygens (including phenoxy) is 1. The number of carbonyl (C=O) groups excluding carboxylic acids is 2. The lowest BCUT2D eigenvalue weighted by atomic mass is 10.2. The molecule has 0 aliphatic rings. The van der Waals surface area contributed by atoms with Gasteiger partial charge < -0.3 is 36.3 Å². The Hall–Kier alpha value is -5.58. The zero-order valence-corrected chi connectivity index (χ0v) is 26.0. The van der Waals surface area contributed by atoms with E-state index in [0.29, 0.717) is 11.2 Å². The van der Waals surface area contributed by atoms with Gasteiger partial charge in [-0.15, -0.1) is 0 Å². The van der Waals surface area contributed by atoms with Gasteiger partial charge in [0.2, 0.25) is 5.91 Å². The maximum absolute atomic E-state index is 15.2. The van der Waals surface area contributed by atoms with Crippen LogP contribution in [0.4, 0.5) is 36.4 Å². The van der Waals surface area contributed by atoms with Crippen LogP contribution >= 0.6 is 23.2 Å². The van der Waals surface area contributed by atoms with Gasteiger partial charge in [-0.25, -0.2) is 14.0 Å². The second kappa shape index (κ2) is 17.2. The molecule has 7 N–H and O–H groups in total. The second-order valence-corrected chi connectivity index (χ2v) is 10.1. The number of halogens is 9. The minimum atomic E-state index is -5.08. The van der Waals surface area contributed by atoms with E-state index in [1.54, 1.807) is 24.3 Å². The van der Waals surface area contributed by atoms with Crippen LogP contribution in [0, 0.1) is 17.1 Å². The lowest BCUT2D eigenvalue weighted by molar-refractivity contribution is -0.193. The molecule has 4 aromatic rings. The Morgan fingerprint density at radius 3 is 2.06 bits per heavy atom. The third kappa shape index (κ3) is 12.1. The number of carboxylic acids is 2. The third-order valence-electron chi connectivity index (χ3n) is 5.61. The molecule has 4 rings (SSSR count). The number of carbonyl (C=O) groups is 4. The largest absolute Gasteiger partial charge is 0.490 e. The number of anilines is 1. The van der Waals surface area contributed by atoms with Gasteiger partial charge in [-0.3, -0.25) is 9.59 Å². The third-order valence-corrected chi connectivity index (χ3v) is 6.13. The van der Waals surface area contributed by atoms with Crippen molar-refractivity contribution in [2.75, 3.05) is 11.9 Å². The van der Waals surface area contributed by atoms with Crippen molar-refractivity contribution in [1.82, 2.24) is 10.3 Å². The van der Waals surface area contributed by atoms with Crippen LogP contribution in [0.1, 0.15) is 21.6 Å². The summed E-state index contributed by atoms with van der Waals surface area (Å²) >= 11 is 12.1. The van der Waals surface area contributed by atoms with Gasteiger partial charge in [-0.05, 0) is 42.5 Å². The summed E-state index contributed by atoms with van der Waals surface area (Å²) in [6, 6.07) is 15.8. The molecule has 0 spiro atoms. The number of alkyl halides is 6. The SMILES string of the molecule is N#Cc1cc(Cl)cc(Oc2c(Cl)ccc(CNC(=O)c3cc4ccc(NC(=O)CN)cc4[nH]3)c2F)c1.O=C(O)C(F)(F)F.O=C(O)C(F)(F)F. The number of H-pyrrole nitrogens is 1. The molecule has 1 heterocycles. The van der Waals surface area contributed by atoms with Crippen LogP contribution in [0.15, 0.2) is 54.6 Å². The van der Waals surface area contributed by atoms with Crippen LogP contribution in [0.3, 0.4) is 0 Å². The number of nitrogens with zero attached hydrogens (tertiary/aromatic N) is 1. The molecule has 1 aromatic heterocycles. The Labute approximate surface area is 285 Å². The Morgan fingerprint density at radius 2 is 1.52 bits per heavy atom. The Morgan fingerprint density at radius 1 is 0.920 bits per heavy atom. The second-order valence-electron chi connectivity index (χ2n) is 9.26. The number of fused-ring (bicyclic) bond motifs is 1.